The third-order valence-corrected chi connectivity index (χ3v) is 3.84. The molecule has 1 N–H and O–H groups in total. The summed E-state index contributed by atoms with van der Waals surface area (Å²) in [5, 5.41) is 2.87. The van der Waals surface area contributed by atoms with E-state index in [9.17, 15) is 4.79 Å². The lowest BCUT2D eigenvalue weighted by atomic mass is 10.1. The fraction of sp³-hybridized carbons (Fsp3) is 0.316. The Morgan fingerprint density at radius 1 is 1.09 bits per heavy atom. The van der Waals surface area contributed by atoms with Crippen LogP contribution in [0.2, 0.25) is 0 Å². The molecule has 0 radical (unpaired) electrons. The summed E-state index contributed by atoms with van der Waals surface area (Å²) in [4.78, 5) is 12.4. The van der Waals surface area contributed by atoms with Gasteiger partial charge in [0.05, 0.1) is 12.8 Å². The predicted octanol–water partition coefficient (Wildman–Crippen LogP) is 4.03. The van der Waals surface area contributed by atoms with E-state index in [2.05, 4.69) is 5.32 Å². The summed E-state index contributed by atoms with van der Waals surface area (Å²) in [6.07, 6.45) is -0.610. The van der Waals surface area contributed by atoms with Crippen LogP contribution in [0.1, 0.15) is 23.6 Å². The maximum atomic E-state index is 12.4. The number of ether oxygens (including phenoxy) is 2. The lowest BCUT2D eigenvalue weighted by molar-refractivity contribution is -0.122. The highest BCUT2D eigenvalue weighted by atomic mass is 16.5. The van der Waals surface area contributed by atoms with Gasteiger partial charge in [0.2, 0.25) is 0 Å². The van der Waals surface area contributed by atoms with Crippen LogP contribution in [0.15, 0.2) is 36.4 Å². The zero-order valence-electron chi connectivity index (χ0n) is 14.3. The molecule has 122 valence electrons. The van der Waals surface area contributed by atoms with Crippen molar-refractivity contribution in [2.75, 3.05) is 12.4 Å². The van der Waals surface area contributed by atoms with E-state index in [1.165, 1.54) is 0 Å². The molecule has 2 aromatic rings. The van der Waals surface area contributed by atoms with E-state index >= 15 is 0 Å². The molecule has 2 rings (SSSR count). The van der Waals surface area contributed by atoms with Crippen molar-refractivity contribution >= 4 is 11.6 Å². The number of carbonyl (C=O) groups excluding carboxylic acids is 1. The SMILES string of the molecule is COc1ccc(C)cc1NC(=O)[C@@H](C)Oc1cccc(C)c1C. The molecule has 0 heterocycles. The van der Waals surface area contributed by atoms with Crippen LogP contribution < -0.4 is 14.8 Å². The molecule has 4 nitrogen and oxygen atoms in total. The minimum absolute atomic E-state index is 0.213. The van der Waals surface area contributed by atoms with E-state index < -0.39 is 6.10 Å². The zero-order valence-corrected chi connectivity index (χ0v) is 14.3. The zero-order chi connectivity index (χ0) is 17.0. The van der Waals surface area contributed by atoms with Crippen molar-refractivity contribution in [1.29, 1.82) is 0 Å². The number of methoxy groups -OCH3 is 1. The van der Waals surface area contributed by atoms with Gasteiger partial charge in [-0.05, 0) is 62.6 Å². The van der Waals surface area contributed by atoms with Crippen LogP contribution in [-0.4, -0.2) is 19.1 Å². The van der Waals surface area contributed by atoms with Crippen LogP contribution in [0.3, 0.4) is 0 Å². The van der Waals surface area contributed by atoms with Crippen molar-refractivity contribution in [3.05, 3.63) is 53.1 Å². The molecular formula is C19H23NO3. The molecule has 0 saturated heterocycles. The first-order valence-electron chi connectivity index (χ1n) is 7.60. The van der Waals surface area contributed by atoms with Crippen LogP contribution >= 0.6 is 0 Å². The lowest BCUT2D eigenvalue weighted by Gasteiger charge is -2.18. The summed E-state index contributed by atoms with van der Waals surface area (Å²) in [6.45, 7) is 7.70. The van der Waals surface area contributed by atoms with Gasteiger partial charge in [0.15, 0.2) is 6.10 Å². The fourth-order valence-electron chi connectivity index (χ4n) is 2.25. The van der Waals surface area contributed by atoms with Gasteiger partial charge in [0.1, 0.15) is 11.5 Å². The highest BCUT2D eigenvalue weighted by Gasteiger charge is 2.18. The molecule has 4 heteroatoms. The molecule has 2 aromatic carbocycles. The molecule has 0 saturated carbocycles. The van der Waals surface area contributed by atoms with E-state index in [-0.39, 0.29) is 5.91 Å². The molecular weight excluding hydrogens is 290 g/mol. The van der Waals surface area contributed by atoms with E-state index in [0.717, 1.165) is 22.4 Å². The number of aryl methyl sites for hydroxylation is 2. The first-order valence-corrected chi connectivity index (χ1v) is 7.60. The first kappa shape index (κ1) is 16.9. The number of anilines is 1. The van der Waals surface area contributed by atoms with Gasteiger partial charge in [-0.15, -0.1) is 0 Å². The number of hydrogen-bond donors (Lipinski definition) is 1. The molecule has 23 heavy (non-hydrogen) atoms. The largest absolute Gasteiger partial charge is 0.495 e. The minimum Gasteiger partial charge on any atom is -0.495 e. The lowest BCUT2D eigenvalue weighted by Crippen LogP contribution is -2.30. The molecule has 0 aliphatic carbocycles. The second-order valence-corrected chi connectivity index (χ2v) is 5.65. The van der Waals surface area contributed by atoms with Gasteiger partial charge in [0, 0.05) is 0 Å². The van der Waals surface area contributed by atoms with Crippen LogP contribution in [0.4, 0.5) is 5.69 Å². The van der Waals surface area contributed by atoms with E-state index in [1.807, 2.05) is 57.2 Å². The number of rotatable bonds is 5. The van der Waals surface area contributed by atoms with Gasteiger partial charge in [0.25, 0.3) is 5.91 Å². The summed E-state index contributed by atoms with van der Waals surface area (Å²) in [6, 6.07) is 11.5. The Hall–Kier alpha value is -2.49. The van der Waals surface area contributed by atoms with Gasteiger partial charge in [-0.25, -0.2) is 0 Å². The normalized spacial score (nSPS) is 11.7. The number of nitrogens with one attached hydrogen (secondary N) is 1. The second-order valence-electron chi connectivity index (χ2n) is 5.65. The molecule has 0 unspecified atom stereocenters. The van der Waals surface area contributed by atoms with Crippen molar-refractivity contribution in [3.63, 3.8) is 0 Å². The van der Waals surface area contributed by atoms with Gasteiger partial charge in [-0.2, -0.15) is 0 Å². The van der Waals surface area contributed by atoms with Crippen LogP contribution in [-0.2, 0) is 4.79 Å². The Morgan fingerprint density at radius 3 is 2.52 bits per heavy atom. The molecule has 1 atom stereocenters. The summed E-state index contributed by atoms with van der Waals surface area (Å²) in [7, 11) is 1.58. The van der Waals surface area contributed by atoms with Gasteiger partial charge in [-0.1, -0.05) is 18.2 Å². The molecule has 0 aromatic heterocycles. The number of carbonyl (C=O) groups is 1. The molecule has 0 fully saturated rings. The van der Waals surface area contributed by atoms with E-state index in [1.54, 1.807) is 14.0 Å². The second kappa shape index (κ2) is 7.18. The van der Waals surface area contributed by atoms with Crippen LogP contribution in [0.25, 0.3) is 0 Å². The predicted molar refractivity (Wildman–Crippen MR) is 92.4 cm³/mol. The number of benzene rings is 2. The summed E-state index contributed by atoms with van der Waals surface area (Å²) >= 11 is 0. The van der Waals surface area contributed by atoms with E-state index in [4.69, 9.17) is 9.47 Å². The average Bonchev–Trinajstić information content (AvgIpc) is 2.52. The Bertz CT molecular complexity index is 710. The molecule has 0 aliphatic rings. The first-order chi connectivity index (χ1) is 10.9. The minimum atomic E-state index is -0.610. The topological polar surface area (TPSA) is 47.6 Å². The van der Waals surface area contributed by atoms with Gasteiger partial charge < -0.3 is 14.8 Å². The molecule has 0 spiro atoms. The summed E-state index contributed by atoms with van der Waals surface area (Å²) in [5.41, 5.74) is 3.87. The van der Waals surface area contributed by atoms with Crippen molar-refractivity contribution in [3.8, 4) is 11.5 Å². The molecule has 0 aliphatic heterocycles. The maximum Gasteiger partial charge on any atom is 0.265 e. The standard InChI is InChI=1S/C19H23NO3/c1-12-9-10-18(22-5)16(11-12)20-19(21)15(4)23-17-8-6-7-13(2)14(17)3/h6-11,15H,1-5H3,(H,20,21)/t15-/m1/s1. The Kier molecular flexibility index (Phi) is 5.27. The summed E-state index contributed by atoms with van der Waals surface area (Å²) in [5.74, 6) is 1.14. The third-order valence-electron chi connectivity index (χ3n) is 3.84. The maximum absolute atomic E-state index is 12.4. The van der Waals surface area contributed by atoms with Crippen molar-refractivity contribution in [1.82, 2.24) is 0 Å². The molecule has 1 amide bonds. The average molecular weight is 313 g/mol. The van der Waals surface area contributed by atoms with Crippen molar-refractivity contribution in [2.45, 2.75) is 33.8 Å². The monoisotopic (exact) mass is 313 g/mol. The van der Waals surface area contributed by atoms with Gasteiger partial charge in [-0.3, -0.25) is 4.79 Å². The van der Waals surface area contributed by atoms with Crippen molar-refractivity contribution < 1.29 is 14.3 Å². The summed E-state index contributed by atoms with van der Waals surface area (Å²) < 4.78 is 11.1. The Labute approximate surface area is 137 Å². The number of amides is 1. The van der Waals surface area contributed by atoms with Crippen LogP contribution in [0, 0.1) is 20.8 Å². The van der Waals surface area contributed by atoms with Crippen molar-refractivity contribution in [2.24, 2.45) is 0 Å². The molecule has 0 bridgehead atoms. The smallest absolute Gasteiger partial charge is 0.265 e. The van der Waals surface area contributed by atoms with Gasteiger partial charge >= 0.3 is 0 Å². The van der Waals surface area contributed by atoms with Crippen LogP contribution in [0.5, 0.6) is 11.5 Å². The Balaban J connectivity index is 2.11. The van der Waals surface area contributed by atoms with E-state index in [0.29, 0.717) is 11.4 Å². The highest BCUT2D eigenvalue weighted by Crippen LogP contribution is 2.26. The third kappa shape index (κ3) is 4.03. The Morgan fingerprint density at radius 2 is 1.83 bits per heavy atom. The fourth-order valence-corrected chi connectivity index (χ4v) is 2.25. The highest BCUT2D eigenvalue weighted by molar-refractivity contribution is 5.95. The quantitative estimate of drug-likeness (QED) is 0.906. The number of hydrogen-bond acceptors (Lipinski definition) is 3.